The van der Waals surface area contributed by atoms with Crippen molar-refractivity contribution in [3.8, 4) is 0 Å². The predicted molar refractivity (Wildman–Crippen MR) is 92.2 cm³/mol. The number of hydrogen-bond acceptors (Lipinski definition) is 4. The Morgan fingerprint density at radius 2 is 1.88 bits per heavy atom. The lowest BCUT2D eigenvalue weighted by molar-refractivity contribution is -0.119. The molecule has 2 amide bonds. The molecule has 0 aliphatic carbocycles. The Bertz CT molecular complexity index is 722. The summed E-state index contributed by atoms with van der Waals surface area (Å²) in [6, 6.07) is 11.6. The van der Waals surface area contributed by atoms with E-state index in [0.29, 0.717) is 31.9 Å². The molecule has 0 spiro atoms. The largest absolute Gasteiger partial charge is 0.354 e. The Morgan fingerprint density at radius 1 is 1.12 bits per heavy atom. The van der Waals surface area contributed by atoms with Crippen LogP contribution in [-0.4, -0.2) is 53.3 Å². The Kier molecular flexibility index (Phi) is 4.74. The van der Waals surface area contributed by atoms with Crippen LogP contribution in [0, 0.1) is 6.92 Å². The first-order valence-electron chi connectivity index (χ1n) is 7.95. The lowest BCUT2D eigenvalue weighted by atomic mass is 10.2. The van der Waals surface area contributed by atoms with E-state index < -0.39 is 0 Å². The summed E-state index contributed by atoms with van der Waals surface area (Å²) in [5.41, 5.74) is 3.42. The van der Waals surface area contributed by atoms with E-state index in [1.54, 1.807) is 22.1 Å². The molecule has 1 N–H and O–H groups in total. The molecule has 1 saturated heterocycles. The number of pyridine rings is 1. The van der Waals surface area contributed by atoms with E-state index >= 15 is 0 Å². The molecule has 24 heavy (non-hydrogen) atoms. The first-order chi connectivity index (χ1) is 11.7. The highest BCUT2D eigenvalue weighted by Crippen LogP contribution is 2.19. The van der Waals surface area contributed by atoms with Crippen LogP contribution in [0.1, 0.15) is 16.1 Å². The van der Waals surface area contributed by atoms with Crippen LogP contribution in [0.25, 0.3) is 0 Å². The molecule has 3 rings (SSSR count). The number of anilines is 2. The number of aryl methyl sites for hydroxylation is 1. The van der Waals surface area contributed by atoms with Gasteiger partial charge in [-0.25, -0.2) is 4.98 Å². The summed E-state index contributed by atoms with van der Waals surface area (Å²) < 4.78 is 0. The number of nitrogens with one attached hydrogen (secondary N) is 1. The topological polar surface area (TPSA) is 65.5 Å². The van der Waals surface area contributed by atoms with E-state index in [4.69, 9.17) is 0 Å². The zero-order valence-electron chi connectivity index (χ0n) is 13.6. The average Bonchev–Trinajstić information content (AvgIpc) is 2.64. The summed E-state index contributed by atoms with van der Waals surface area (Å²) in [6.45, 7) is 4.27. The second-order valence-electron chi connectivity index (χ2n) is 5.81. The van der Waals surface area contributed by atoms with Crippen LogP contribution >= 0.6 is 0 Å². The Hall–Kier alpha value is -2.89. The van der Waals surface area contributed by atoms with Gasteiger partial charge >= 0.3 is 0 Å². The third kappa shape index (κ3) is 3.53. The summed E-state index contributed by atoms with van der Waals surface area (Å²) in [5.74, 6) is -0.0945. The molecule has 0 saturated carbocycles. The van der Waals surface area contributed by atoms with Crippen LogP contribution in [0.2, 0.25) is 0 Å². The molecule has 6 heteroatoms. The van der Waals surface area contributed by atoms with Crippen LogP contribution in [0.5, 0.6) is 0 Å². The van der Waals surface area contributed by atoms with Crippen LogP contribution in [0.15, 0.2) is 42.6 Å². The smallest absolute Gasteiger partial charge is 0.272 e. The van der Waals surface area contributed by atoms with Gasteiger partial charge in [-0.2, -0.15) is 0 Å². The van der Waals surface area contributed by atoms with Gasteiger partial charge in [-0.05, 0) is 30.7 Å². The molecule has 1 aliphatic rings. The minimum atomic E-state index is -0.0945. The fourth-order valence-electron chi connectivity index (χ4n) is 2.66. The van der Waals surface area contributed by atoms with Gasteiger partial charge in [0, 0.05) is 31.9 Å². The number of carbonyl (C=O) groups is 2. The van der Waals surface area contributed by atoms with E-state index in [2.05, 4.69) is 10.3 Å². The van der Waals surface area contributed by atoms with Crippen LogP contribution in [-0.2, 0) is 4.79 Å². The monoisotopic (exact) mass is 324 g/mol. The highest BCUT2D eigenvalue weighted by molar-refractivity contribution is 5.92. The number of rotatable bonds is 4. The molecule has 1 aliphatic heterocycles. The molecule has 1 aromatic carbocycles. The Balaban J connectivity index is 1.65. The van der Waals surface area contributed by atoms with Crippen molar-refractivity contribution in [3.63, 3.8) is 0 Å². The third-order valence-corrected chi connectivity index (χ3v) is 4.16. The summed E-state index contributed by atoms with van der Waals surface area (Å²) in [5, 5.41) is 3.30. The fourth-order valence-corrected chi connectivity index (χ4v) is 2.66. The van der Waals surface area contributed by atoms with E-state index in [1.165, 1.54) is 0 Å². The summed E-state index contributed by atoms with van der Waals surface area (Å²) >= 11 is 0. The Labute approximate surface area is 141 Å². The van der Waals surface area contributed by atoms with Gasteiger partial charge in [0.2, 0.25) is 6.41 Å². The lowest BCUT2D eigenvalue weighted by Gasteiger charge is -2.32. The van der Waals surface area contributed by atoms with Crippen molar-refractivity contribution in [2.75, 3.05) is 31.5 Å². The average molecular weight is 324 g/mol. The third-order valence-electron chi connectivity index (χ3n) is 4.16. The molecule has 6 nitrogen and oxygen atoms in total. The molecule has 1 aromatic heterocycles. The fraction of sp³-hybridized carbons (Fsp3) is 0.278. The van der Waals surface area contributed by atoms with Gasteiger partial charge in [0.15, 0.2) is 0 Å². The second-order valence-corrected chi connectivity index (χ2v) is 5.81. The van der Waals surface area contributed by atoms with Crippen molar-refractivity contribution in [2.24, 2.45) is 0 Å². The number of para-hydroxylation sites is 1. The van der Waals surface area contributed by atoms with Gasteiger partial charge < -0.3 is 15.1 Å². The number of nitrogens with zero attached hydrogens (tertiary/aromatic N) is 3. The van der Waals surface area contributed by atoms with Gasteiger partial charge in [0.1, 0.15) is 5.69 Å². The molecule has 0 bridgehead atoms. The zero-order valence-corrected chi connectivity index (χ0v) is 13.6. The molecule has 2 aromatic rings. The van der Waals surface area contributed by atoms with Crippen molar-refractivity contribution in [1.29, 1.82) is 0 Å². The first-order valence-corrected chi connectivity index (χ1v) is 7.95. The molecule has 0 radical (unpaired) electrons. The first kappa shape index (κ1) is 16.0. The lowest BCUT2D eigenvalue weighted by Crippen LogP contribution is -2.48. The van der Waals surface area contributed by atoms with Crippen LogP contribution < -0.4 is 5.32 Å². The number of hydrogen-bond donors (Lipinski definition) is 1. The number of benzene rings is 1. The van der Waals surface area contributed by atoms with Gasteiger partial charge in [0.25, 0.3) is 5.91 Å². The molecular weight excluding hydrogens is 304 g/mol. The Morgan fingerprint density at radius 3 is 2.50 bits per heavy atom. The van der Waals surface area contributed by atoms with Crippen molar-refractivity contribution in [3.05, 3.63) is 53.9 Å². The SMILES string of the molecule is Cc1ccccc1Nc1ccc(C(=O)N2CCN(C=O)CC2)nc1. The molecule has 1 fully saturated rings. The maximum absolute atomic E-state index is 12.5. The minimum Gasteiger partial charge on any atom is -0.354 e. The highest BCUT2D eigenvalue weighted by Gasteiger charge is 2.22. The number of aromatic nitrogens is 1. The van der Waals surface area contributed by atoms with E-state index in [1.807, 2.05) is 37.3 Å². The normalized spacial score (nSPS) is 14.4. The van der Waals surface area contributed by atoms with Gasteiger partial charge in [-0.3, -0.25) is 9.59 Å². The van der Waals surface area contributed by atoms with Crippen LogP contribution in [0.3, 0.4) is 0 Å². The van der Waals surface area contributed by atoms with Crippen molar-refractivity contribution in [2.45, 2.75) is 6.92 Å². The van der Waals surface area contributed by atoms with Gasteiger partial charge in [0.05, 0.1) is 11.9 Å². The molecule has 0 atom stereocenters. The van der Waals surface area contributed by atoms with E-state index in [-0.39, 0.29) is 5.91 Å². The van der Waals surface area contributed by atoms with Crippen molar-refractivity contribution < 1.29 is 9.59 Å². The number of amides is 2. The van der Waals surface area contributed by atoms with Crippen molar-refractivity contribution >= 4 is 23.7 Å². The molecule has 124 valence electrons. The minimum absolute atomic E-state index is 0.0945. The number of carbonyl (C=O) groups excluding carboxylic acids is 2. The van der Waals surface area contributed by atoms with Crippen molar-refractivity contribution in [1.82, 2.24) is 14.8 Å². The molecule has 2 heterocycles. The maximum atomic E-state index is 12.5. The van der Waals surface area contributed by atoms with E-state index in [0.717, 1.165) is 23.3 Å². The maximum Gasteiger partial charge on any atom is 0.272 e. The highest BCUT2D eigenvalue weighted by atomic mass is 16.2. The number of piperazine rings is 1. The molecular formula is C18H20N4O2. The predicted octanol–water partition coefficient (Wildman–Crippen LogP) is 2.05. The standard InChI is InChI=1S/C18H20N4O2/c1-14-4-2-3-5-16(14)20-15-6-7-17(19-12-15)18(24)22-10-8-21(13-23)9-11-22/h2-7,12-13,20H,8-11H2,1H3. The quantitative estimate of drug-likeness (QED) is 0.874. The summed E-state index contributed by atoms with van der Waals surface area (Å²) in [6.07, 6.45) is 2.49. The van der Waals surface area contributed by atoms with E-state index in [9.17, 15) is 9.59 Å². The summed E-state index contributed by atoms with van der Waals surface area (Å²) in [4.78, 5) is 30.9. The summed E-state index contributed by atoms with van der Waals surface area (Å²) in [7, 11) is 0. The second kappa shape index (κ2) is 7.12. The van der Waals surface area contributed by atoms with Gasteiger partial charge in [-0.1, -0.05) is 18.2 Å². The van der Waals surface area contributed by atoms with Crippen LogP contribution in [0.4, 0.5) is 11.4 Å². The van der Waals surface area contributed by atoms with Gasteiger partial charge in [-0.15, -0.1) is 0 Å². The zero-order chi connectivity index (χ0) is 16.9. The molecule has 0 unspecified atom stereocenters.